The average Bonchev–Trinajstić information content (AvgIpc) is 0.847. The zero-order valence-electron chi connectivity index (χ0n) is 57.9. The Morgan fingerprint density at radius 3 is 0.558 bits per heavy atom. The summed E-state index contributed by atoms with van der Waals surface area (Å²) < 4.78 is 39.7. The van der Waals surface area contributed by atoms with Crippen molar-refractivity contribution in [3.8, 4) is 112 Å². The van der Waals surface area contributed by atoms with E-state index in [1.165, 1.54) is 44.5 Å². The molecule has 0 atom stereocenters. The van der Waals surface area contributed by atoms with Crippen molar-refractivity contribution in [1.82, 2.24) is 0 Å². The maximum Gasteiger partial charge on any atom is 0.123 e. The lowest BCUT2D eigenvalue weighted by Crippen LogP contribution is -2.02. The van der Waals surface area contributed by atoms with Crippen LogP contribution in [0.2, 0.25) is 0 Å². The second kappa shape index (κ2) is 33.3. The van der Waals surface area contributed by atoms with Crippen LogP contribution in [-0.4, -0.2) is 0 Å². The number of hydrogen-bond donors (Lipinski definition) is 0. The predicted molar refractivity (Wildman–Crippen MR) is 423 cm³/mol. The van der Waals surface area contributed by atoms with Crippen molar-refractivity contribution in [2.24, 2.45) is 0 Å². The second-order valence-corrected chi connectivity index (χ2v) is 26.2. The van der Waals surface area contributed by atoms with Gasteiger partial charge in [-0.2, -0.15) is 0 Å². The molecule has 6 heteroatoms. The van der Waals surface area contributed by atoms with Gasteiger partial charge in [0, 0.05) is 12.1 Å². The first kappa shape index (κ1) is 67.3. The number of benzene rings is 15. The Bertz CT molecular complexity index is 4720. The predicted octanol–water partition coefficient (Wildman–Crippen LogP) is 24.8. The SMILES string of the molecule is c1ccc(-c2cccc(-c3cccc(COc4cc(COCc5cccc(COCc6cc(OCc7cccc(-c8cccc(-c9ccccc9)c8)c7)cc(OCc7cccc(-c8cccc(-c9ccccc9)c8)c7)c6)c5)cc(OCc5cccc(-c6cccc(-c7ccccc7)c6)c5)c4)c3)c2)cc1. The van der Waals surface area contributed by atoms with E-state index in [0.29, 0.717) is 75.9 Å². The van der Waals surface area contributed by atoms with Gasteiger partial charge in [0.25, 0.3) is 0 Å². The van der Waals surface area contributed by atoms with Crippen molar-refractivity contribution in [2.75, 3.05) is 0 Å². The van der Waals surface area contributed by atoms with E-state index in [0.717, 1.165) is 89.0 Å². The Morgan fingerprint density at radius 2 is 0.308 bits per heavy atom. The smallest absolute Gasteiger partial charge is 0.123 e. The Kier molecular flexibility index (Phi) is 21.5. The molecule has 0 N–H and O–H groups in total. The highest BCUT2D eigenvalue weighted by molar-refractivity contribution is 5.77. The molecule has 6 nitrogen and oxygen atoms in total. The van der Waals surface area contributed by atoms with Gasteiger partial charge in [-0.05, 0) is 206 Å². The highest BCUT2D eigenvalue weighted by Gasteiger charge is 2.14. The van der Waals surface area contributed by atoms with Gasteiger partial charge in [-0.15, -0.1) is 0 Å². The van der Waals surface area contributed by atoms with Crippen molar-refractivity contribution in [3.63, 3.8) is 0 Å². The van der Waals surface area contributed by atoms with Gasteiger partial charge in [-0.3, -0.25) is 0 Å². The quantitative estimate of drug-likeness (QED) is 0.0487. The van der Waals surface area contributed by atoms with E-state index in [1.54, 1.807) is 0 Å². The molecule has 104 heavy (non-hydrogen) atoms. The molecule has 0 amide bonds. The van der Waals surface area contributed by atoms with Crippen LogP contribution in [-0.2, 0) is 62.3 Å². The van der Waals surface area contributed by atoms with Gasteiger partial charge in [0.2, 0.25) is 0 Å². The lowest BCUT2D eigenvalue weighted by Gasteiger charge is -2.15. The minimum atomic E-state index is 0.333. The second-order valence-electron chi connectivity index (χ2n) is 26.2. The fraction of sp³-hybridized carbons (Fsp3) is 0.0816. The van der Waals surface area contributed by atoms with Gasteiger partial charge in [0.1, 0.15) is 49.4 Å². The lowest BCUT2D eigenvalue weighted by atomic mass is 9.98. The Labute approximate surface area is 610 Å². The normalized spacial score (nSPS) is 11.1. The summed E-state index contributed by atoms with van der Waals surface area (Å²) in [4.78, 5) is 0. The fourth-order valence-corrected chi connectivity index (χ4v) is 13.2. The van der Waals surface area contributed by atoms with Crippen LogP contribution in [0.15, 0.2) is 376 Å². The fourth-order valence-electron chi connectivity index (χ4n) is 13.2. The molecule has 15 rings (SSSR count). The first-order chi connectivity index (χ1) is 51.4. The van der Waals surface area contributed by atoms with Gasteiger partial charge < -0.3 is 28.4 Å². The molecular formula is C98H78O6. The summed E-state index contributed by atoms with van der Waals surface area (Å²) in [6.45, 7) is 2.91. The first-order valence-corrected chi connectivity index (χ1v) is 35.5. The van der Waals surface area contributed by atoms with E-state index >= 15 is 0 Å². The minimum absolute atomic E-state index is 0.333. The van der Waals surface area contributed by atoms with E-state index in [4.69, 9.17) is 28.4 Å². The summed E-state index contributed by atoms with van der Waals surface area (Å²) in [7, 11) is 0. The van der Waals surface area contributed by atoms with E-state index in [1.807, 2.05) is 36.4 Å². The summed E-state index contributed by atoms with van der Waals surface area (Å²) in [5.41, 5.74) is 26.7. The third-order valence-electron chi connectivity index (χ3n) is 18.5. The summed E-state index contributed by atoms with van der Waals surface area (Å²) in [5.74, 6) is 2.77. The minimum Gasteiger partial charge on any atom is -0.489 e. The molecule has 0 aliphatic rings. The highest BCUT2D eigenvalue weighted by Crippen LogP contribution is 2.35. The zero-order chi connectivity index (χ0) is 69.9. The third-order valence-corrected chi connectivity index (χ3v) is 18.5. The standard InChI is InChI=1S/C98H78O6/c1-5-28-79(29-6-1)87-40-18-44-91(57-87)83-36-14-24-73(49-83)67-101-95-53-77(54-96(61-95)102-68-74-25-15-37-84(50-74)92-45-19-41-88(58-92)80-30-7-2-8-31-80)65-99-63-71-22-13-23-72(48-71)64-100-66-78-55-97(103-69-75-26-16-38-85(51-75)93-46-20-42-89(59-93)81-32-9-3-10-33-81)62-98(56-78)104-70-76-27-17-39-86(52-76)94-47-21-43-90(60-94)82-34-11-4-12-35-82/h1-62H,63-70H2. The van der Waals surface area contributed by atoms with Crippen LogP contribution in [0.5, 0.6) is 23.0 Å². The molecule has 15 aromatic rings. The van der Waals surface area contributed by atoms with Crippen LogP contribution in [0.4, 0.5) is 0 Å². The molecule has 0 heterocycles. The molecule has 0 fully saturated rings. The first-order valence-electron chi connectivity index (χ1n) is 35.5. The van der Waals surface area contributed by atoms with Gasteiger partial charge in [0.05, 0.1) is 26.4 Å². The van der Waals surface area contributed by atoms with Crippen molar-refractivity contribution < 1.29 is 28.4 Å². The third kappa shape index (κ3) is 17.9. The van der Waals surface area contributed by atoms with Crippen LogP contribution in [0.1, 0.15) is 44.5 Å². The van der Waals surface area contributed by atoms with E-state index < -0.39 is 0 Å². The summed E-state index contributed by atoms with van der Waals surface area (Å²) >= 11 is 0. The van der Waals surface area contributed by atoms with Crippen molar-refractivity contribution in [3.05, 3.63) is 421 Å². The van der Waals surface area contributed by atoms with E-state index in [2.05, 4.69) is 340 Å². The topological polar surface area (TPSA) is 55.4 Å². The van der Waals surface area contributed by atoms with Gasteiger partial charge >= 0.3 is 0 Å². The maximum absolute atomic E-state index is 6.66. The monoisotopic (exact) mass is 1350 g/mol. The van der Waals surface area contributed by atoms with E-state index in [9.17, 15) is 0 Å². The number of rotatable bonds is 28. The molecule has 0 spiro atoms. The van der Waals surface area contributed by atoms with Gasteiger partial charge in [-0.25, -0.2) is 0 Å². The Balaban J connectivity index is 0.623. The summed E-state index contributed by atoms with van der Waals surface area (Å²) in [5, 5.41) is 0. The molecule has 0 aromatic heterocycles. The molecule has 0 saturated heterocycles. The molecule has 0 unspecified atom stereocenters. The van der Waals surface area contributed by atoms with Gasteiger partial charge in [0.15, 0.2) is 0 Å². The van der Waals surface area contributed by atoms with Crippen LogP contribution in [0, 0.1) is 0 Å². The molecule has 506 valence electrons. The van der Waals surface area contributed by atoms with Crippen molar-refractivity contribution in [2.45, 2.75) is 52.9 Å². The molecule has 0 radical (unpaired) electrons. The molecule has 0 aliphatic heterocycles. The molecule has 0 saturated carbocycles. The zero-order valence-corrected chi connectivity index (χ0v) is 57.9. The van der Waals surface area contributed by atoms with Crippen LogP contribution in [0.3, 0.4) is 0 Å². The Morgan fingerprint density at radius 1 is 0.125 bits per heavy atom. The van der Waals surface area contributed by atoms with Crippen LogP contribution < -0.4 is 18.9 Å². The largest absolute Gasteiger partial charge is 0.489 e. The number of hydrogen-bond acceptors (Lipinski definition) is 6. The van der Waals surface area contributed by atoms with E-state index in [-0.39, 0.29) is 0 Å². The molecule has 15 aromatic carbocycles. The highest BCUT2D eigenvalue weighted by atomic mass is 16.5. The van der Waals surface area contributed by atoms with Crippen molar-refractivity contribution >= 4 is 0 Å². The molecule has 0 bridgehead atoms. The summed E-state index contributed by atoms with van der Waals surface area (Å²) in [6, 6.07) is 132. The average molecular weight is 1350 g/mol. The molecular weight excluding hydrogens is 1270 g/mol. The Hall–Kier alpha value is -12.6. The lowest BCUT2D eigenvalue weighted by molar-refractivity contribution is 0.103. The van der Waals surface area contributed by atoms with Gasteiger partial charge in [-0.1, -0.05) is 291 Å². The van der Waals surface area contributed by atoms with Crippen molar-refractivity contribution in [1.29, 1.82) is 0 Å². The number of ether oxygens (including phenoxy) is 6. The maximum atomic E-state index is 6.66. The molecule has 0 aliphatic carbocycles. The van der Waals surface area contributed by atoms with Crippen LogP contribution >= 0.6 is 0 Å². The van der Waals surface area contributed by atoms with Crippen LogP contribution in [0.25, 0.3) is 89.0 Å². The summed E-state index contributed by atoms with van der Waals surface area (Å²) in [6.07, 6.45) is 0.